The van der Waals surface area contributed by atoms with Crippen LogP contribution in [0, 0.1) is 11.7 Å². The molecule has 1 aromatic rings. The molecule has 0 aliphatic carbocycles. The lowest BCUT2D eigenvalue weighted by atomic mass is 9.85. The Hall–Kier alpha value is -2.51. The fourth-order valence-corrected chi connectivity index (χ4v) is 3.96. The summed E-state index contributed by atoms with van der Waals surface area (Å²) in [6.45, 7) is 7.22. The molecule has 0 bridgehead atoms. The van der Waals surface area contributed by atoms with E-state index in [1.54, 1.807) is 16.7 Å². The summed E-state index contributed by atoms with van der Waals surface area (Å²) < 4.78 is 13.9. The quantitative estimate of drug-likeness (QED) is 0.755. The van der Waals surface area contributed by atoms with Crippen LogP contribution in [0.3, 0.4) is 0 Å². The fourth-order valence-electron chi connectivity index (χ4n) is 3.96. The number of carbonyl (C=O) groups excluding carboxylic acids is 3. The summed E-state index contributed by atoms with van der Waals surface area (Å²) >= 11 is 0. The number of hydrogen-bond acceptors (Lipinski definition) is 4. The number of carbonyl (C=O) groups is 3. The largest absolute Gasteiger partial charge is 0.338 e. The lowest BCUT2D eigenvalue weighted by Gasteiger charge is -2.42. The van der Waals surface area contributed by atoms with E-state index in [1.807, 2.05) is 13.8 Å². The molecule has 2 fully saturated rings. The molecular weight excluding hydrogens is 351 g/mol. The van der Waals surface area contributed by atoms with Crippen molar-refractivity contribution in [3.05, 3.63) is 29.8 Å². The van der Waals surface area contributed by atoms with E-state index in [-0.39, 0.29) is 23.4 Å². The van der Waals surface area contributed by atoms with E-state index in [9.17, 15) is 18.8 Å². The molecule has 0 aromatic carbocycles. The van der Waals surface area contributed by atoms with Crippen LogP contribution in [0.5, 0.6) is 0 Å². The van der Waals surface area contributed by atoms with Gasteiger partial charge in [0.2, 0.25) is 0 Å². The average molecular weight is 376 g/mol. The van der Waals surface area contributed by atoms with Crippen LogP contribution in [0.4, 0.5) is 9.18 Å². The number of aromatic nitrogens is 1. The number of urea groups is 1. The Morgan fingerprint density at radius 3 is 2.52 bits per heavy atom. The number of piperidine rings is 1. The lowest BCUT2D eigenvalue weighted by molar-refractivity contribution is -0.135. The van der Waals surface area contributed by atoms with E-state index in [4.69, 9.17) is 0 Å². The van der Waals surface area contributed by atoms with Crippen LogP contribution in [0.1, 0.15) is 44.0 Å². The fraction of sp³-hybridized carbons (Fsp3) is 0.579. The Bertz CT molecular complexity index is 759. The van der Waals surface area contributed by atoms with Crippen LogP contribution in [0.25, 0.3) is 0 Å². The van der Waals surface area contributed by atoms with Gasteiger partial charge in [-0.25, -0.2) is 9.18 Å². The summed E-state index contributed by atoms with van der Waals surface area (Å²) in [4.78, 5) is 46.6. The molecular formula is C19H25FN4O3. The molecule has 7 nitrogen and oxygen atoms in total. The molecule has 0 radical (unpaired) electrons. The van der Waals surface area contributed by atoms with Gasteiger partial charge in [0, 0.05) is 32.4 Å². The summed E-state index contributed by atoms with van der Waals surface area (Å²) in [5.74, 6) is -1.03. The molecule has 2 aliphatic heterocycles. The molecule has 3 rings (SSSR count). The van der Waals surface area contributed by atoms with Gasteiger partial charge in [0.15, 0.2) is 5.82 Å². The summed E-state index contributed by atoms with van der Waals surface area (Å²) in [7, 11) is 0. The van der Waals surface area contributed by atoms with Crippen molar-refractivity contribution in [3.8, 4) is 0 Å². The van der Waals surface area contributed by atoms with Crippen molar-refractivity contribution in [2.45, 2.75) is 39.2 Å². The third-order valence-electron chi connectivity index (χ3n) is 5.37. The first-order valence-electron chi connectivity index (χ1n) is 9.34. The van der Waals surface area contributed by atoms with E-state index in [2.05, 4.69) is 4.98 Å². The Balaban J connectivity index is 1.81. The van der Waals surface area contributed by atoms with Gasteiger partial charge in [-0.15, -0.1) is 0 Å². The van der Waals surface area contributed by atoms with Crippen LogP contribution < -0.4 is 0 Å². The molecule has 2 aliphatic rings. The van der Waals surface area contributed by atoms with E-state index >= 15 is 0 Å². The zero-order valence-electron chi connectivity index (χ0n) is 15.9. The van der Waals surface area contributed by atoms with Crippen molar-refractivity contribution in [3.63, 3.8) is 0 Å². The Morgan fingerprint density at radius 1 is 1.30 bits per heavy atom. The molecule has 2 saturated heterocycles. The second kappa shape index (κ2) is 7.25. The highest BCUT2D eigenvalue weighted by Crippen LogP contribution is 2.38. The van der Waals surface area contributed by atoms with Crippen molar-refractivity contribution in [1.82, 2.24) is 19.7 Å². The SMILES string of the molecule is CCN1C(=O)N(CC(C)C)C2(CCN(C(=O)c3ccncc3F)CC2)C1=O. The van der Waals surface area contributed by atoms with Gasteiger partial charge < -0.3 is 9.80 Å². The highest BCUT2D eigenvalue weighted by atomic mass is 19.1. The molecule has 1 aromatic heterocycles. The van der Waals surface area contributed by atoms with Gasteiger partial charge in [0.1, 0.15) is 5.54 Å². The molecule has 0 N–H and O–H groups in total. The van der Waals surface area contributed by atoms with Gasteiger partial charge in [0.05, 0.1) is 11.8 Å². The predicted molar refractivity (Wildman–Crippen MR) is 96.4 cm³/mol. The number of halogens is 1. The van der Waals surface area contributed by atoms with Gasteiger partial charge in [0.25, 0.3) is 11.8 Å². The maximum atomic E-state index is 13.9. The van der Waals surface area contributed by atoms with Crippen molar-refractivity contribution >= 4 is 17.8 Å². The van der Waals surface area contributed by atoms with Crippen LogP contribution in [-0.4, -0.2) is 69.2 Å². The standard InChI is InChI=1S/C19H25FN4O3/c1-4-23-17(26)19(24(18(23)27)12-13(2)3)6-9-22(10-7-19)16(25)14-5-8-21-11-15(14)20/h5,8,11,13H,4,6-7,9-10,12H2,1-3H3. The number of amides is 4. The summed E-state index contributed by atoms with van der Waals surface area (Å²) in [6.07, 6.45) is 3.12. The third-order valence-corrected chi connectivity index (χ3v) is 5.37. The normalized spacial score (nSPS) is 19.5. The van der Waals surface area contributed by atoms with Crippen molar-refractivity contribution < 1.29 is 18.8 Å². The minimum Gasteiger partial charge on any atom is -0.338 e. The van der Waals surface area contributed by atoms with Gasteiger partial charge in [-0.2, -0.15) is 0 Å². The number of hydrogen-bond donors (Lipinski definition) is 0. The highest BCUT2D eigenvalue weighted by Gasteiger charge is 2.57. The minimum atomic E-state index is -0.898. The van der Waals surface area contributed by atoms with E-state index in [0.717, 1.165) is 6.20 Å². The van der Waals surface area contributed by atoms with Crippen molar-refractivity contribution in [1.29, 1.82) is 0 Å². The Kier molecular flexibility index (Phi) is 5.17. The molecule has 1 spiro atoms. The average Bonchev–Trinajstić information content (AvgIpc) is 2.83. The van der Waals surface area contributed by atoms with Gasteiger partial charge >= 0.3 is 6.03 Å². The second-order valence-electron chi connectivity index (χ2n) is 7.52. The topological polar surface area (TPSA) is 73.8 Å². The maximum absolute atomic E-state index is 13.9. The smallest absolute Gasteiger partial charge is 0.327 e. The third kappa shape index (κ3) is 3.17. The molecule has 0 unspecified atom stereocenters. The molecule has 3 heterocycles. The first-order valence-corrected chi connectivity index (χ1v) is 9.34. The molecule has 0 saturated carbocycles. The zero-order valence-corrected chi connectivity index (χ0v) is 15.9. The Labute approximate surface area is 158 Å². The minimum absolute atomic E-state index is 0.0241. The number of likely N-dealkylation sites (tertiary alicyclic amines) is 1. The highest BCUT2D eigenvalue weighted by molar-refractivity contribution is 6.07. The molecule has 27 heavy (non-hydrogen) atoms. The number of nitrogens with zero attached hydrogens (tertiary/aromatic N) is 4. The molecule has 8 heteroatoms. The maximum Gasteiger partial charge on any atom is 0.327 e. The number of pyridine rings is 1. The van der Waals surface area contributed by atoms with Gasteiger partial charge in [-0.1, -0.05) is 13.8 Å². The molecule has 4 amide bonds. The number of rotatable bonds is 4. The molecule has 0 atom stereocenters. The van der Waals surface area contributed by atoms with E-state index < -0.39 is 17.3 Å². The van der Waals surface area contributed by atoms with Crippen LogP contribution >= 0.6 is 0 Å². The van der Waals surface area contributed by atoms with Crippen LogP contribution in [-0.2, 0) is 4.79 Å². The first-order chi connectivity index (χ1) is 12.8. The lowest BCUT2D eigenvalue weighted by Crippen LogP contribution is -2.58. The van der Waals surface area contributed by atoms with Gasteiger partial charge in [-0.05, 0) is 31.7 Å². The van der Waals surface area contributed by atoms with Crippen LogP contribution in [0.2, 0.25) is 0 Å². The second-order valence-corrected chi connectivity index (χ2v) is 7.52. The zero-order chi connectivity index (χ0) is 19.8. The number of likely N-dealkylation sites (N-methyl/N-ethyl adjacent to an activating group) is 1. The molecule has 146 valence electrons. The number of imide groups is 1. The van der Waals surface area contributed by atoms with E-state index in [1.165, 1.54) is 17.2 Å². The van der Waals surface area contributed by atoms with Gasteiger partial charge in [-0.3, -0.25) is 19.5 Å². The summed E-state index contributed by atoms with van der Waals surface area (Å²) in [5.41, 5.74) is -0.922. The van der Waals surface area contributed by atoms with Crippen LogP contribution in [0.15, 0.2) is 18.5 Å². The first kappa shape index (κ1) is 19.3. The van der Waals surface area contributed by atoms with Crippen molar-refractivity contribution in [2.75, 3.05) is 26.2 Å². The summed E-state index contributed by atoms with van der Waals surface area (Å²) in [5, 5.41) is 0. The summed E-state index contributed by atoms with van der Waals surface area (Å²) in [6, 6.07) is 1.10. The van der Waals surface area contributed by atoms with E-state index in [0.29, 0.717) is 39.0 Å². The predicted octanol–water partition coefficient (Wildman–Crippen LogP) is 2.14. The Morgan fingerprint density at radius 2 is 1.96 bits per heavy atom. The van der Waals surface area contributed by atoms with Crippen molar-refractivity contribution in [2.24, 2.45) is 5.92 Å². The monoisotopic (exact) mass is 376 g/mol.